The minimum absolute atomic E-state index is 0.00756. The number of fused-ring (bicyclic) bond motifs is 3. The van der Waals surface area contributed by atoms with Crippen molar-refractivity contribution >= 4 is 17.5 Å². The van der Waals surface area contributed by atoms with Gasteiger partial charge in [0.2, 0.25) is 12.6 Å². The summed E-state index contributed by atoms with van der Waals surface area (Å²) in [5.74, 6) is -0.113. The van der Waals surface area contributed by atoms with Gasteiger partial charge >= 0.3 is 6.09 Å². The smallest absolute Gasteiger partial charge is 0.410 e. The monoisotopic (exact) mass is 932 g/mol. The molecule has 360 valence electrons. The van der Waals surface area contributed by atoms with Gasteiger partial charge in [-0.1, -0.05) is 42.3 Å². The van der Waals surface area contributed by atoms with Crippen molar-refractivity contribution in [2.24, 2.45) is 22.9 Å². The van der Waals surface area contributed by atoms with E-state index in [1.807, 2.05) is 61.5 Å². The predicted molar refractivity (Wildman–Crippen MR) is 251 cm³/mol. The molecule has 0 radical (unpaired) electrons. The minimum Gasteiger partial charge on any atom is -0.487 e. The van der Waals surface area contributed by atoms with Gasteiger partial charge in [0.15, 0.2) is 11.5 Å². The molecular weight excluding hydrogens is 873 g/mol. The van der Waals surface area contributed by atoms with Crippen LogP contribution in [0.25, 0.3) is 0 Å². The average molecular weight is 933 g/mol. The second kappa shape index (κ2) is 22.1. The first-order valence-electron chi connectivity index (χ1n) is 23.5. The van der Waals surface area contributed by atoms with E-state index in [2.05, 4.69) is 17.6 Å². The molecule has 4 aliphatic rings. The van der Waals surface area contributed by atoms with E-state index in [4.69, 9.17) is 38.4 Å². The van der Waals surface area contributed by atoms with Crippen LogP contribution in [-0.4, -0.2) is 81.9 Å². The zero-order valence-electron chi connectivity index (χ0n) is 38.6. The van der Waals surface area contributed by atoms with Crippen LogP contribution < -0.4 is 18.9 Å². The van der Waals surface area contributed by atoms with Crippen molar-refractivity contribution < 1.29 is 53.2 Å². The molecule has 4 aromatic rings. The van der Waals surface area contributed by atoms with Crippen molar-refractivity contribution in [2.75, 3.05) is 33.2 Å². The lowest BCUT2D eigenvalue weighted by Gasteiger charge is -2.59. The molecule has 1 amide bonds. The Morgan fingerprint density at radius 3 is 2.49 bits per heavy atom. The van der Waals surface area contributed by atoms with Crippen molar-refractivity contribution in [3.63, 3.8) is 0 Å². The van der Waals surface area contributed by atoms with Gasteiger partial charge in [-0.15, -0.1) is 6.58 Å². The number of pyridine rings is 1. The number of aromatic nitrogens is 1. The van der Waals surface area contributed by atoms with E-state index < -0.39 is 28.8 Å². The Bertz CT molecular complexity index is 2480. The molecule has 68 heavy (non-hydrogen) atoms. The number of benzene rings is 3. The van der Waals surface area contributed by atoms with Gasteiger partial charge in [-0.25, -0.2) is 4.79 Å². The highest BCUT2D eigenvalue weighted by molar-refractivity contribution is 6.03. The first kappa shape index (κ1) is 48.0. The van der Waals surface area contributed by atoms with E-state index in [0.29, 0.717) is 47.1 Å². The number of amides is 1. The number of aryl methyl sites for hydroxylation is 1. The van der Waals surface area contributed by atoms with E-state index in [0.717, 1.165) is 53.8 Å². The van der Waals surface area contributed by atoms with Gasteiger partial charge in [0.1, 0.15) is 30.8 Å². The quantitative estimate of drug-likeness (QED) is 0.0328. The Labute approximate surface area is 396 Å². The molecule has 0 saturated heterocycles. The summed E-state index contributed by atoms with van der Waals surface area (Å²) in [6, 6.07) is 22.5. The Morgan fingerprint density at radius 2 is 1.74 bits per heavy atom. The van der Waals surface area contributed by atoms with Gasteiger partial charge < -0.3 is 43.5 Å². The van der Waals surface area contributed by atoms with E-state index in [-0.39, 0.29) is 82.8 Å². The molecule has 1 aromatic heterocycles. The minimum atomic E-state index is -1.54. The van der Waals surface area contributed by atoms with E-state index in [1.165, 1.54) is 12.1 Å². The van der Waals surface area contributed by atoms with Gasteiger partial charge in [-0.05, 0) is 123 Å². The molecule has 2 aliphatic carbocycles. The number of unbranched alkanes of at least 4 members (excludes halogenated alkanes) is 2. The summed E-state index contributed by atoms with van der Waals surface area (Å²) in [7, 11) is 0. The van der Waals surface area contributed by atoms with Gasteiger partial charge in [0.25, 0.3) is 5.69 Å². The molecule has 1 saturated carbocycles. The number of hydrogen-bond acceptors (Lipinski definition) is 14. The SMILES string of the molecule is C=CCOC12Oc3ccc(OCc4cccc(C)n4)cc3C3C(CCCCO)C(CCCCO)C=C(C(=NOCc4ccc([N+](=O)[O-])cc4)CC1N(Cc1ccc4c(c1)OCO4)C(=O)OCC)C32. The molecule has 16 heteroatoms. The topological polar surface area (TPSA) is 194 Å². The molecule has 6 atom stereocenters. The summed E-state index contributed by atoms with van der Waals surface area (Å²) in [5.41, 5.74) is 5.39. The van der Waals surface area contributed by atoms with Gasteiger partial charge in [-0.2, -0.15) is 0 Å². The number of ether oxygens (including phenoxy) is 6. The third-order valence-corrected chi connectivity index (χ3v) is 13.2. The Hall–Kier alpha value is -6.49. The summed E-state index contributed by atoms with van der Waals surface area (Å²) in [6.07, 6.45) is 7.73. The third kappa shape index (κ3) is 10.5. The van der Waals surface area contributed by atoms with Crippen LogP contribution in [0.4, 0.5) is 10.5 Å². The zero-order valence-corrected chi connectivity index (χ0v) is 38.6. The van der Waals surface area contributed by atoms with Gasteiger partial charge in [-0.3, -0.25) is 20.0 Å². The number of non-ortho nitro benzene ring substituents is 1. The first-order chi connectivity index (χ1) is 33.2. The van der Waals surface area contributed by atoms with Gasteiger partial charge in [0, 0.05) is 55.5 Å². The maximum atomic E-state index is 14.7. The van der Waals surface area contributed by atoms with Crippen LogP contribution in [0.3, 0.4) is 0 Å². The van der Waals surface area contributed by atoms with Crippen molar-refractivity contribution in [3.8, 4) is 23.0 Å². The van der Waals surface area contributed by atoms with E-state index >= 15 is 0 Å². The van der Waals surface area contributed by atoms with E-state index in [9.17, 15) is 25.1 Å². The zero-order chi connectivity index (χ0) is 47.6. The van der Waals surface area contributed by atoms with Gasteiger partial charge in [0.05, 0.1) is 35.5 Å². The standard InChI is InChI=1S/C52H60N4O12/c1-4-25-66-52-48(55(51(59)62-5-2)30-36-17-21-46-47(26-36)65-33-64-46)29-44(54-67-31-35-15-18-39(19-16-35)56(60)61)42-27-37(12-6-8-23-57)41(14-7-9-24-58)49(50(42)52)43-28-40(20-22-45(43)68-52)63-32-38-13-10-11-34(3)53-38/h4,10-11,13,15-22,26-28,37,41,48-50,57-58H,1,5-9,12,14,23-25,29-33H2,2-3H3. The summed E-state index contributed by atoms with van der Waals surface area (Å²) in [6.45, 7) is 8.46. The molecule has 16 nitrogen and oxygen atoms in total. The number of aliphatic hydroxyl groups excluding tert-OH is 2. The Kier molecular flexibility index (Phi) is 15.6. The van der Waals surface area contributed by atoms with Crippen molar-refractivity contribution in [3.05, 3.63) is 141 Å². The van der Waals surface area contributed by atoms with Crippen LogP contribution >= 0.6 is 0 Å². The van der Waals surface area contributed by atoms with E-state index in [1.54, 1.807) is 30.0 Å². The van der Waals surface area contributed by atoms with Crippen LogP contribution in [0.1, 0.15) is 85.9 Å². The highest BCUT2D eigenvalue weighted by atomic mass is 16.7. The number of rotatable bonds is 22. The molecular formula is C52H60N4O12. The number of aliphatic hydroxyl groups is 2. The highest BCUT2D eigenvalue weighted by Gasteiger charge is 2.65. The summed E-state index contributed by atoms with van der Waals surface area (Å²) in [5, 5.41) is 36.3. The molecule has 3 aromatic carbocycles. The number of nitro groups is 1. The number of carbonyl (C=O) groups is 1. The second-order valence-electron chi connectivity index (χ2n) is 17.5. The number of nitrogens with zero attached hydrogens (tertiary/aromatic N) is 4. The molecule has 2 aliphatic heterocycles. The largest absolute Gasteiger partial charge is 0.487 e. The van der Waals surface area contributed by atoms with Crippen LogP contribution in [0.5, 0.6) is 23.0 Å². The summed E-state index contributed by atoms with van der Waals surface area (Å²) < 4.78 is 38.2. The number of carbonyl (C=O) groups excluding carboxylic acids is 1. The fourth-order valence-corrected chi connectivity index (χ4v) is 10.2. The lowest BCUT2D eigenvalue weighted by molar-refractivity contribution is -0.384. The third-order valence-electron chi connectivity index (χ3n) is 13.2. The molecule has 2 N–H and O–H groups in total. The number of hydrogen-bond donors (Lipinski definition) is 2. The highest BCUT2D eigenvalue weighted by Crippen LogP contribution is 2.62. The Morgan fingerprint density at radius 1 is 0.971 bits per heavy atom. The van der Waals surface area contributed by atoms with Crippen molar-refractivity contribution in [1.29, 1.82) is 0 Å². The second-order valence-corrected chi connectivity index (χ2v) is 17.5. The lowest BCUT2D eigenvalue weighted by Crippen LogP contribution is -2.70. The number of nitro benzene ring substituents is 1. The van der Waals surface area contributed by atoms with Crippen molar-refractivity contribution in [2.45, 2.75) is 96.3 Å². The molecule has 0 spiro atoms. The fourth-order valence-electron chi connectivity index (χ4n) is 10.2. The molecule has 3 heterocycles. The average Bonchev–Trinajstić information content (AvgIpc) is 3.82. The van der Waals surface area contributed by atoms with Crippen LogP contribution in [-0.2, 0) is 34.1 Å². The lowest BCUT2D eigenvalue weighted by atomic mass is 9.55. The maximum Gasteiger partial charge on any atom is 0.410 e. The molecule has 0 bridgehead atoms. The molecule has 1 fully saturated rings. The number of allylic oxidation sites excluding steroid dienone is 1. The first-order valence-corrected chi connectivity index (χ1v) is 23.5. The normalized spacial score (nSPS) is 22.6. The fraction of sp³-hybridized carbons (Fsp3) is 0.442. The molecule has 6 unspecified atom stereocenters. The van der Waals surface area contributed by atoms with Crippen molar-refractivity contribution in [1.82, 2.24) is 9.88 Å². The van der Waals surface area contributed by atoms with Crippen LogP contribution in [0.2, 0.25) is 0 Å². The number of oxime groups is 1. The van der Waals surface area contributed by atoms with Crippen LogP contribution in [0, 0.1) is 34.8 Å². The maximum absolute atomic E-state index is 14.7. The summed E-state index contributed by atoms with van der Waals surface area (Å²) >= 11 is 0. The Balaban J connectivity index is 1.31. The summed E-state index contributed by atoms with van der Waals surface area (Å²) in [4.78, 5) is 38.1. The van der Waals surface area contributed by atoms with Crippen LogP contribution in [0.15, 0.2) is 108 Å². The molecule has 8 rings (SSSR count). The predicted octanol–water partition coefficient (Wildman–Crippen LogP) is 9.10.